The van der Waals surface area contributed by atoms with Gasteiger partial charge in [-0.1, -0.05) is 0 Å². The molecule has 1 saturated heterocycles. The summed E-state index contributed by atoms with van der Waals surface area (Å²) in [5, 5.41) is 0. The lowest BCUT2D eigenvalue weighted by atomic mass is 9.97. The molecule has 2 fully saturated rings. The third kappa shape index (κ3) is 3.15. The number of rotatable bonds is 5. The van der Waals surface area contributed by atoms with E-state index in [0.717, 1.165) is 31.4 Å². The zero-order chi connectivity index (χ0) is 15.1. The lowest BCUT2D eigenvalue weighted by Gasteiger charge is -2.33. The lowest BCUT2D eigenvalue weighted by Crippen LogP contribution is -2.51. The average molecular weight is 313 g/mol. The fourth-order valence-electron chi connectivity index (χ4n) is 2.90. The second-order valence-electron chi connectivity index (χ2n) is 6.33. The van der Waals surface area contributed by atoms with Crippen molar-refractivity contribution in [3.8, 4) is 0 Å². The summed E-state index contributed by atoms with van der Waals surface area (Å²) in [5.41, 5.74) is 6.08. The van der Waals surface area contributed by atoms with Crippen LogP contribution in [0.15, 0.2) is 17.2 Å². The van der Waals surface area contributed by atoms with Crippen LogP contribution in [0.4, 0.5) is 0 Å². The highest BCUT2D eigenvalue weighted by atomic mass is 32.2. The molecular formula is C14H23N3O3S. The average Bonchev–Trinajstić information content (AvgIpc) is 3.17. The summed E-state index contributed by atoms with van der Waals surface area (Å²) in [6.07, 6.45) is 5.57. The van der Waals surface area contributed by atoms with Crippen LogP contribution in [-0.4, -0.2) is 31.7 Å². The third-order valence-corrected chi connectivity index (χ3v) is 5.79. The summed E-state index contributed by atoms with van der Waals surface area (Å²) in [4.78, 5) is 0.307. The van der Waals surface area contributed by atoms with Crippen molar-refractivity contribution in [1.29, 1.82) is 0 Å². The molecule has 0 bridgehead atoms. The molecule has 2 aliphatic rings. The minimum Gasteiger partial charge on any atom is -0.380 e. The summed E-state index contributed by atoms with van der Waals surface area (Å²) in [7, 11) is -3.54. The summed E-state index contributed by atoms with van der Waals surface area (Å²) < 4.78 is 35.4. The van der Waals surface area contributed by atoms with Crippen LogP contribution in [0.3, 0.4) is 0 Å². The quantitative estimate of drug-likeness (QED) is 0.853. The first kappa shape index (κ1) is 15.0. The lowest BCUT2D eigenvalue weighted by molar-refractivity contribution is 0.0386. The van der Waals surface area contributed by atoms with E-state index in [-0.39, 0.29) is 0 Å². The van der Waals surface area contributed by atoms with Gasteiger partial charge in [0.1, 0.15) is 0 Å². The van der Waals surface area contributed by atoms with E-state index in [9.17, 15) is 8.42 Å². The molecule has 21 heavy (non-hydrogen) atoms. The van der Waals surface area contributed by atoms with Gasteiger partial charge in [0.2, 0.25) is 10.0 Å². The van der Waals surface area contributed by atoms with E-state index >= 15 is 0 Å². The molecule has 1 atom stereocenters. The van der Waals surface area contributed by atoms with Gasteiger partial charge in [-0.25, -0.2) is 13.1 Å². The Kier molecular flexibility index (Phi) is 3.85. The van der Waals surface area contributed by atoms with E-state index in [2.05, 4.69) is 4.72 Å². The first-order valence-corrected chi connectivity index (χ1v) is 8.94. The van der Waals surface area contributed by atoms with Gasteiger partial charge in [0, 0.05) is 31.1 Å². The Morgan fingerprint density at radius 2 is 2.29 bits per heavy atom. The minimum absolute atomic E-state index is 0.307. The van der Waals surface area contributed by atoms with Crippen LogP contribution in [0.1, 0.15) is 44.3 Å². The molecule has 3 rings (SSSR count). The van der Waals surface area contributed by atoms with Crippen molar-refractivity contribution in [2.75, 3.05) is 13.2 Å². The molecule has 1 aromatic heterocycles. The van der Waals surface area contributed by atoms with E-state index in [1.165, 1.54) is 0 Å². The van der Waals surface area contributed by atoms with E-state index in [4.69, 9.17) is 10.5 Å². The van der Waals surface area contributed by atoms with Crippen LogP contribution < -0.4 is 10.5 Å². The van der Waals surface area contributed by atoms with Crippen molar-refractivity contribution < 1.29 is 13.2 Å². The Labute approximate surface area is 125 Å². The maximum atomic E-state index is 12.6. The Balaban J connectivity index is 1.84. The molecule has 0 spiro atoms. The van der Waals surface area contributed by atoms with Gasteiger partial charge in [0.25, 0.3) is 0 Å². The van der Waals surface area contributed by atoms with E-state index in [1.54, 1.807) is 12.3 Å². The third-order valence-electron chi connectivity index (χ3n) is 4.19. The molecular weight excluding hydrogens is 290 g/mol. The Bertz CT molecular complexity index is 613. The van der Waals surface area contributed by atoms with Gasteiger partial charge < -0.3 is 15.0 Å². The smallest absolute Gasteiger partial charge is 0.242 e. The van der Waals surface area contributed by atoms with Crippen LogP contribution in [-0.2, 0) is 21.3 Å². The second-order valence-corrected chi connectivity index (χ2v) is 8.01. The van der Waals surface area contributed by atoms with Crippen LogP contribution in [0.2, 0.25) is 0 Å². The molecule has 1 aromatic rings. The SMILES string of the molecule is CC1(NS(=O)(=O)c2cc(CN)n(C3CC3)c2)CCCOC1. The highest BCUT2D eigenvalue weighted by molar-refractivity contribution is 7.89. The molecule has 6 nitrogen and oxygen atoms in total. The van der Waals surface area contributed by atoms with E-state index in [0.29, 0.717) is 30.7 Å². The largest absolute Gasteiger partial charge is 0.380 e. The van der Waals surface area contributed by atoms with Gasteiger partial charge in [-0.2, -0.15) is 0 Å². The molecule has 7 heteroatoms. The minimum atomic E-state index is -3.54. The van der Waals surface area contributed by atoms with Crippen LogP contribution in [0, 0.1) is 0 Å². The molecule has 1 saturated carbocycles. The maximum Gasteiger partial charge on any atom is 0.242 e. The standard InChI is InChI=1S/C14H23N3O3S/c1-14(5-2-6-20-10-14)16-21(18,19)13-7-12(8-15)17(9-13)11-3-4-11/h7,9,11,16H,2-6,8,10,15H2,1H3. The molecule has 1 aliphatic carbocycles. The van der Waals surface area contributed by atoms with Crippen LogP contribution in [0.25, 0.3) is 0 Å². The monoisotopic (exact) mass is 313 g/mol. The fourth-order valence-corrected chi connectivity index (χ4v) is 4.37. The van der Waals surface area contributed by atoms with Crippen molar-refractivity contribution in [3.05, 3.63) is 18.0 Å². The predicted octanol–water partition coefficient (Wildman–Crippen LogP) is 1.13. The zero-order valence-electron chi connectivity index (χ0n) is 12.3. The van der Waals surface area contributed by atoms with Gasteiger partial charge in [-0.15, -0.1) is 0 Å². The van der Waals surface area contributed by atoms with Crippen molar-refractivity contribution >= 4 is 10.0 Å². The molecule has 1 unspecified atom stereocenters. The normalized spacial score (nSPS) is 27.0. The summed E-state index contributed by atoms with van der Waals surface area (Å²) in [5.74, 6) is 0. The summed E-state index contributed by atoms with van der Waals surface area (Å²) >= 11 is 0. The Hall–Kier alpha value is -0.890. The van der Waals surface area contributed by atoms with Crippen molar-refractivity contribution in [3.63, 3.8) is 0 Å². The molecule has 0 aromatic carbocycles. The fraction of sp³-hybridized carbons (Fsp3) is 0.714. The number of sulfonamides is 1. The number of ether oxygens (including phenoxy) is 1. The number of nitrogens with zero attached hydrogens (tertiary/aromatic N) is 1. The van der Waals surface area contributed by atoms with Crippen molar-refractivity contribution in [2.45, 2.75) is 55.6 Å². The molecule has 2 heterocycles. The summed E-state index contributed by atoms with van der Waals surface area (Å²) in [6.45, 7) is 3.36. The van der Waals surface area contributed by atoms with Gasteiger partial charge in [0.05, 0.1) is 17.0 Å². The zero-order valence-corrected chi connectivity index (χ0v) is 13.2. The van der Waals surface area contributed by atoms with E-state index in [1.807, 2.05) is 11.5 Å². The van der Waals surface area contributed by atoms with Gasteiger partial charge in [-0.05, 0) is 38.7 Å². The number of hydrogen-bond acceptors (Lipinski definition) is 4. The number of nitrogens with two attached hydrogens (primary N) is 1. The van der Waals surface area contributed by atoms with Gasteiger partial charge >= 0.3 is 0 Å². The number of nitrogens with one attached hydrogen (secondary N) is 1. The van der Waals surface area contributed by atoms with Crippen molar-refractivity contribution in [1.82, 2.24) is 9.29 Å². The van der Waals surface area contributed by atoms with E-state index < -0.39 is 15.6 Å². The first-order chi connectivity index (χ1) is 9.93. The molecule has 3 N–H and O–H groups in total. The number of hydrogen-bond donors (Lipinski definition) is 2. The molecule has 1 aliphatic heterocycles. The second kappa shape index (κ2) is 5.39. The maximum absolute atomic E-state index is 12.6. The molecule has 0 amide bonds. The van der Waals surface area contributed by atoms with Gasteiger partial charge in [0.15, 0.2) is 0 Å². The van der Waals surface area contributed by atoms with Gasteiger partial charge in [-0.3, -0.25) is 0 Å². The topological polar surface area (TPSA) is 86.4 Å². The predicted molar refractivity (Wildman–Crippen MR) is 79.4 cm³/mol. The first-order valence-electron chi connectivity index (χ1n) is 7.46. The number of aromatic nitrogens is 1. The Morgan fingerprint density at radius 3 is 2.86 bits per heavy atom. The highest BCUT2D eigenvalue weighted by Gasteiger charge is 2.34. The van der Waals surface area contributed by atoms with Crippen LogP contribution >= 0.6 is 0 Å². The highest BCUT2D eigenvalue weighted by Crippen LogP contribution is 2.37. The van der Waals surface area contributed by atoms with Crippen molar-refractivity contribution in [2.24, 2.45) is 5.73 Å². The Morgan fingerprint density at radius 1 is 1.52 bits per heavy atom. The van der Waals surface area contributed by atoms with Crippen LogP contribution in [0.5, 0.6) is 0 Å². The molecule has 118 valence electrons. The summed E-state index contributed by atoms with van der Waals surface area (Å²) in [6, 6.07) is 2.11. The molecule has 0 radical (unpaired) electrons.